The first-order valence-corrected chi connectivity index (χ1v) is 8.22. The average Bonchev–Trinajstić information content (AvgIpc) is 2.61. The van der Waals surface area contributed by atoms with E-state index in [1.165, 1.54) is 6.21 Å². The number of phenolic OH excluding ortho intramolecular Hbond substituents is 1. The molecule has 3 nitrogen and oxygen atoms in total. The van der Waals surface area contributed by atoms with E-state index in [0.29, 0.717) is 32.4 Å². The van der Waals surface area contributed by atoms with Crippen molar-refractivity contribution in [2.75, 3.05) is 0 Å². The number of carbonyl (C=O) groups is 1. The SMILES string of the molecule is O=C(c1ccccc1Cl)c1cc(Cl)ccc1N=Cc1ccccc1O. The predicted molar refractivity (Wildman–Crippen MR) is 102 cm³/mol. The van der Waals surface area contributed by atoms with Gasteiger partial charge in [0.25, 0.3) is 0 Å². The van der Waals surface area contributed by atoms with Gasteiger partial charge in [0, 0.05) is 27.9 Å². The third kappa shape index (κ3) is 3.90. The Morgan fingerprint density at radius 3 is 2.40 bits per heavy atom. The number of rotatable bonds is 4. The van der Waals surface area contributed by atoms with E-state index in [9.17, 15) is 9.90 Å². The molecule has 0 heterocycles. The molecular weight excluding hydrogens is 357 g/mol. The fourth-order valence-corrected chi connectivity index (χ4v) is 2.72. The van der Waals surface area contributed by atoms with Gasteiger partial charge in [-0.15, -0.1) is 0 Å². The summed E-state index contributed by atoms with van der Waals surface area (Å²) in [4.78, 5) is 17.2. The van der Waals surface area contributed by atoms with Crippen molar-refractivity contribution in [3.05, 3.63) is 93.5 Å². The minimum atomic E-state index is -0.266. The van der Waals surface area contributed by atoms with E-state index in [1.54, 1.807) is 66.7 Å². The van der Waals surface area contributed by atoms with Gasteiger partial charge in [-0.2, -0.15) is 0 Å². The van der Waals surface area contributed by atoms with Crippen LogP contribution in [0.25, 0.3) is 0 Å². The number of benzene rings is 3. The van der Waals surface area contributed by atoms with Gasteiger partial charge in [0.1, 0.15) is 5.75 Å². The van der Waals surface area contributed by atoms with Gasteiger partial charge in [-0.3, -0.25) is 9.79 Å². The maximum absolute atomic E-state index is 12.9. The standard InChI is InChI=1S/C20H13Cl2NO2/c21-14-9-10-18(23-12-13-5-1-4-8-19(13)24)16(11-14)20(25)15-6-2-3-7-17(15)22/h1-12,24H. The molecule has 0 aromatic heterocycles. The van der Waals surface area contributed by atoms with Crippen LogP contribution in [0.1, 0.15) is 21.5 Å². The zero-order chi connectivity index (χ0) is 17.8. The summed E-state index contributed by atoms with van der Waals surface area (Å²) >= 11 is 12.2. The van der Waals surface area contributed by atoms with Gasteiger partial charge in [-0.25, -0.2) is 0 Å². The Bertz CT molecular complexity index is 967. The van der Waals surface area contributed by atoms with Gasteiger partial charge in [0.05, 0.1) is 10.7 Å². The van der Waals surface area contributed by atoms with Crippen LogP contribution in [0, 0.1) is 0 Å². The molecule has 0 atom stereocenters. The molecule has 0 aliphatic carbocycles. The molecule has 0 aliphatic heterocycles. The van der Waals surface area contributed by atoms with Crippen molar-refractivity contribution in [1.29, 1.82) is 0 Å². The Morgan fingerprint density at radius 2 is 1.64 bits per heavy atom. The Kier molecular flexibility index (Phi) is 5.17. The van der Waals surface area contributed by atoms with Crippen LogP contribution in [0.15, 0.2) is 71.7 Å². The highest BCUT2D eigenvalue weighted by Gasteiger charge is 2.16. The molecule has 0 unspecified atom stereocenters. The maximum atomic E-state index is 12.9. The van der Waals surface area contributed by atoms with Gasteiger partial charge < -0.3 is 5.11 Å². The van der Waals surface area contributed by atoms with Crippen LogP contribution >= 0.6 is 23.2 Å². The third-order valence-electron chi connectivity index (χ3n) is 3.60. The summed E-state index contributed by atoms with van der Waals surface area (Å²) in [6, 6.07) is 18.5. The highest BCUT2D eigenvalue weighted by molar-refractivity contribution is 6.35. The van der Waals surface area contributed by atoms with E-state index in [-0.39, 0.29) is 11.5 Å². The van der Waals surface area contributed by atoms with Crippen molar-refractivity contribution in [2.45, 2.75) is 0 Å². The predicted octanol–water partition coefficient (Wildman–Crippen LogP) is 5.68. The first kappa shape index (κ1) is 17.2. The number of phenols is 1. The van der Waals surface area contributed by atoms with E-state index in [0.717, 1.165) is 0 Å². The molecule has 3 aromatic rings. The fraction of sp³-hybridized carbons (Fsp3) is 0. The number of halogens is 2. The topological polar surface area (TPSA) is 49.7 Å². The molecular formula is C20H13Cl2NO2. The van der Waals surface area contributed by atoms with Gasteiger partial charge in [0.15, 0.2) is 5.78 Å². The minimum absolute atomic E-state index is 0.110. The van der Waals surface area contributed by atoms with E-state index in [1.807, 2.05) is 0 Å². The highest BCUT2D eigenvalue weighted by Crippen LogP contribution is 2.28. The van der Waals surface area contributed by atoms with Crippen LogP contribution < -0.4 is 0 Å². The Hall–Kier alpha value is -2.62. The van der Waals surface area contributed by atoms with Crippen molar-refractivity contribution in [3.8, 4) is 5.75 Å². The number of para-hydroxylation sites is 1. The lowest BCUT2D eigenvalue weighted by Crippen LogP contribution is -2.02. The molecule has 124 valence electrons. The first-order valence-electron chi connectivity index (χ1n) is 7.47. The molecule has 25 heavy (non-hydrogen) atoms. The second-order valence-corrected chi connectivity index (χ2v) is 6.13. The van der Waals surface area contributed by atoms with Crippen molar-refractivity contribution >= 4 is 40.9 Å². The normalized spacial score (nSPS) is 11.0. The first-order chi connectivity index (χ1) is 12.1. The lowest BCUT2D eigenvalue weighted by atomic mass is 10.0. The second kappa shape index (κ2) is 7.51. The lowest BCUT2D eigenvalue weighted by molar-refractivity contribution is 0.103. The van der Waals surface area contributed by atoms with Gasteiger partial charge in [-0.05, 0) is 42.5 Å². The molecule has 0 aliphatic rings. The molecule has 0 bridgehead atoms. The summed E-state index contributed by atoms with van der Waals surface area (Å²) in [7, 11) is 0. The summed E-state index contributed by atoms with van der Waals surface area (Å²) in [5.74, 6) is -0.156. The molecule has 0 saturated carbocycles. The van der Waals surface area contributed by atoms with Crippen molar-refractivity contribution in [3.63, 3.8) is 0 Å². The molecule has 0 spiro atoms. The molecule has 0 saturated heterocycles. The average molecular weight is 370 g/mol. The van der Waals surface area contributed by atoms with Gasteiger partial charge >= 0.3 is 0 Å². The van der Waals surface area contributed by atoms with Gasteiger partial charge in [0.2, 0.25) is 0 Å². The van der Waals surface area contributed by atoms with Crippen LogP contribution in [0.3, 0.4) is 0 Å². The monoisotopic (exact) mass is 369 g/mol. The molecule has 0 amide bonds. The van der Waals surface area contributed by atoms with Crippen LogP contribution in [0.5, 0.6) is 5.75 Å². The maximum Gasteiger partial charge on any atom is 0.196 e. The number of aliphatic imine (C=N–C) groups is 1. The molecule has 5 heteroatoms. The van der Waals surface area contributed by atoms with Crippen LogP contribution in [-0.2, 0) is 0 Å². The van der Waals surface area contributed by atoms with E-state index < -0.39 is 0 Å². The number of ketones is 1. The summed E-state index contributed by atoms with van der Waals surface area (Å²) in [6.07, 6.45) is 1.50. The van der Waals surface area contributed by atoms with E-state index >= 15 is 0 Å². The second-order valence-electron chi connectivity index (χ2n) is 5.29. The Morgan fingerprint density at radius 1 is 0.920 bits per heavy atom. The number of carbonyl (C=O) groups excluding carboxylic acids is 1. The largest absolute Gasteiger partial charge is 0.507 e. The quantitative estimate of drug-likeness (QED) is 0.474. The summed E-state index contributed by atoms with van der Waals surface area (Å²) < 4.78 is 0. The zero-order valence-corrected chi connectivity index (χ0v) is 14.5. The van der Waals surface area contributed by atoms with Crippen molar-refractivity contribution in [2.24, 2.45) is 4.99 Å². The van der Waals surface area contributed by atoms with Crippen molar-refractivity contribution in [1.82, 2.24) is 0 Å². The molecule has 3 rings (SSSR count). The Labute approximate surface area is 155 Å². The lowest BCUT2D eigenvalue weighted by Gasteiger charge is -2.07. The molecule has 0 radical (unpaired) electrons. The van der Waals surface area contributed by atoms with Crippen LogP contribution in [-0.4, -0.2) is 17.1 Å². The smallest absolute Gasteiger partial charge is 0.196 e. The van der Waals surface area contributed by atoms with E-state index in [4.69, 9.17) is 23.2 Å². The minimum Gasteiger partial charge on any atom is -0.507 e. The number of hydrogen-bond donors (Lipinski definition) is 1. The van der Waals surface area contributed by atoms with Crippen LogP contribution in [0.2, 0.25) is 10.0 Å². The summed E-state index contributed by atoms with van der Waals surface area (Å²) in [5, 5.41) is 10.6. The number of aromatic hydroxyl groups is 1. The number of hydrogen-bond acceptors (Lipinski definition) is 3. The molecule has 3 aromatic carbocycles. The fourth-order valence-electron chi connectivity index (χ4n) is 2.33. The zero-order valence-electron chi connectivity index (χ0n) is 13.0. The highest BCUT2D eigenvalue weighted by atomic mass is 35.5. The third-order valence-corrected chi connectivity index (χ3v) is 4.17. The van der Waals surface area contributed by atoms with Crippen LogP contribution in [0.4, 0.5) is 5.69 Å². The molecule has 0 fully saturated rings. The number of nitrogens with zero attached hydrogens (tertiary/aromatic N) is 1. The Balaban J connectivity index is 2.03. The van der Waals surface area contributed by atoms with Gasteiger partial charge in [-0.1, -0.05) is 47.5 Å². The molecule has 1 N–H and O–H groups in total. The van der Waals surface area contributed by atoms with E-state index in [2.05, 4.69) is 4.99 Å². The summed E-state index contributed by atoms with van der Waals surface area (Å²) in [5.41, 5.74) is 1.71. The summed E-state index contributed by atoms with van der Waals surface area (Å²) in [6.45, 7) is 0. The van der Waals surface area contributed by atoms with Crippen molar-refractivity contribution < 1.29 is 9.90 Å².